The fourth-order valence-corrected chi connectivity index (χ4v) is 6.58. The third-order valence-electron chi connectivity index (χ3n) is 8.03. The van der Waals surface area contributed by atoms with Crippen LogP contribution in [-0.2, 0) is 5.75 Å². The summed E-state index contributed by atoms with van der Waals surface area (Å²) in [5.74, 6) is 0.731. The summed E-state index contributed by atoms with van der Waals surface area (Å²) in [7, 11) is 2.20. The first-order valence-corrected chi connectivity index (χ1v) is 12.5. The Morgan fingerprint density at radius 3 is 2.44 bits per heavy atom. The molecule has 2 aliphatic heterocycles. The number of thiol groups is 1. The van der Waals surface area contributed by atoms with Crippen molar-refractivity contribution in [1.29, 1.82) is 0 Å². The number of hydrogen-bond acceptors (Lipinski definition) is 2. The minimum Gasteiger partial charge on any atom is -0.345 e. The molecule has 0 saturated heterocycles. The normalized spacial score (nSPS) is 13.3. The molecule has 7 rings (SSSR count). The number of fused-ring (bicyclic) bond motifs is 4. The van der Waals surface area contributed by atoms with Gasteiger partial charge in [-0.1, -0.05) is 60.7 Å². The average molecular weight is 456 g/mol. The smallest absolute Gasteiger partial charge is 0.252 e. The molecule has 34 heavy (non-hydrogen) atoms. The maximum absolute atomic E-state index is 4.60. The fourth-order valence-electron chi connectivity index (χ4n) is 6.31. The van der Waals surface area contributed by atoms with Crippen molar-refractivity contribution >= 4 is 58.0 Å². The molecule has 4 heteroatoms. The molecule has 1 aromatic heterocycles. The van der Waals surface area contributed by atoms with E-state index in [2.05, 4.69) is 122 Å². The number of nitrogens with zero attached hydrogens (tertiary/aromatic N) is 2. The van der Waals surface area contributed by atoms with E-state index in [-0.39, 0.29) is 6.71 Å². The summed E-state index contributed by atoms with van der Waals surface area (Å²) in [4.78, 5) is 2.37. The van der Waals surface area contributed by atoms with Crippen molar-refractivity contribution in [2.75, 3.05) is 11.9 Å². The molecule has 0 fully saturated rings. The second kappa shape index (κ2) is 7.07. The molecule has 0 spiro atoms. The van der Waals surface area contributed by atoms with Gasteiger partial charge in [-0.05, 0) is 70.7 Å². The van der Waals surface area contributed by atoms with E-state index in [0.717, 1.165) is 5.75 Å². The van der Waals surface area contributed by atoms with Crippen LogP contribution in [0.5, 0.6) is 0 Å². The second-order valence-corrected chi connectivity index (χ2v) is 9.90. The Labute approximate surface area is 206 Å². The lowest BCUT2D eigenvalue weighted by Crippen LogP contribution is -2.60. The highest BCUT2D eigenvalue weighted by atomic mass is 32.1. The molecule has 3 heterocycles. The number of rotatable bonds is 2. The number of hydrogen-bond donors (Lipinski definition) is 1. The molecule has 0 atom stereocenters. The van der Waals surface area contributed by atoms with Crippen LogP contribution in [0.15, 0.2) is 78.9 Å². The van der Waals surface area contributed by atoms with Gasteiger partial charge in [-0.15, -0.1) is 0 Å². The zero-order valence-corrected chi connectivity index (χ0v) is 20.5. The lowest BCUT2D eigenvalue weighted by molar-refractivity contribution is 1.04. The highest BCUT2D eigenvalue weighted by Gasteiger charge is 2.40. The van der Waals surface area contributed by atoms with Crippen LogP contribution in [-0.4, -0.2) is 18.3 Å². The van der Waals surface area contributed by atoms with Gasteiger partial charge in [0.25, 0.3) is 6.71 Å². The molecule has 2 nitrogen and oxygen atoms in total. The third-order valence-corrected chi connectivity index (χ3v) is 8.37. The summed E-state index contributed by atoms with van der Waals surface area (Å²) in [6.45, 7) is 4.73. The molecule has 0 N–H and O–H groups in total. The number of aromatic nitrogens is 1. The van der Waals surface area contributed by atoms with E-state index in [9.17, 15) is 0 Å². The van der Waals surface area contributed by atoms with E-state index < -0.39 is 0 Å². The van der Waals surface area contributed by atoms with Crippen LogP contribution < -0.4 is 21.3 Å². The van der Waals surface area contributed by atoms with Crippen LogP contribution >= 0.6 is 12.6 Å². The quantitative estimate of drug-likeness (QED) is 0.276. The molecule has 0 bridgehead atoms. The van der Waals surface area contributed by atoms with Crippen molar-refractivity contribution in [2.45, 2.75) is 19.6 Å². The van der Waals surface area contributed by atoms with Gasteiger partial charge in [0.05, 0.1) is 0 Å². The SMILES string of the molecule is Cc1c(C)n2c3c(cccc13)B1c3cc(-c4ccccc4CS)ccc3N(C)c3cccc-2c31. The van der Waals surface area contributed by atoms with E-state index >= 15 is 0 Å². The lowest BCUT2D eigenvalue weighted by atomic mass is 9.33. The topological polar surface area (TPSA) is 8.17 Å². The molecule has 0 radical (unpaired) electrons. The number of aryl methyl sites for hydroxylation is 1. The van der Waals surface area contributed by atoms with Crippen LogP contribution in [0.25, 0.3) is 27.7 Å². The minimum absolute atomic E-state index is 0.213. The van der Waals surface area contributed by atoms with Crippen molar-refractivity contribution in [2.24, 2.45) is 0 Å². The van der Waals surface area contributed by atoms with Crippen LogP contribution in [0, 0.1) is 13.8 Å². The van der Waals surface area contributed by atoms with Crippen molar-refractivity contribution < 1.29 is 0 Å². The van der Waals surface area contributed by atoms with E-state index in [1.54, 1.807) is 0 Å². The van der Waals surface area contributed by atoms with Gasteiger partial charge in [0.1, 0.15) is 0 Å². The Morgan fingerprint density at radius 2 is 1.59 bits per heavy atom. The molecule has 2 aliphatic rings. The molecule has 164 valence electrons. The minimum atomic E-state index is 0.213. The molecule has 0 aliphatic carbocycles. The number of anilines is 2. The Balaban J connectivity index is 1.58. The first-order valence-electron chi connectivity index (χ1n) is 11.9. The van der Waals surface area contributed by atoms with Crippen LogP contribution in [0.4, 0.5) is 11.4 Å². The Hall–Kier alpha value is -3.37. The predicted molar refractivity (Wildman–Crippen MR) is 150 cm³/mol. The Morgan fingerprint density at radius 1 is 0.794 bits per heavy atom. The van der Waals surface area contributed by atoms with Gasteiger partial charge in [0.15, 0.2) is 0 Å². The van der Waals surface area contributed by atoms with E-state index in [4.69, 9.17) is 0 Å². The zero-order valence-electron chi connectivity index (χ0n) is 19.6. The van der Waals surface area contributed by atoms with Gasteiger partial charge < -0.3 is 9.47 Å². The highest BCUT2D eigenvalue weighted by Crippen LogP contribution is 2.37. The maximum atomic E-state index is 4.60. The number of benzene rings is 4. The molecular formula is C30H25BN2S. The zero-order chi connectivity index (χ0) is 23.1. The van der Waals surface area contributed by atoms with Crippen LogP contribution in [0.1, 0.15) is 16.8 Å². The molecule has 0 amide bonds. The van der Waals surface area contributed by atoms with Crippen molar-refractivity contribution in [3.05, 3.63) is 95.7 Å². The third kappa shape index (κ3) is 2.44. The van der Waals surface area contributed by atoms with Gasteiger partial charge >= 0.3 is 0 Å². The van der Waals surface area contributed by atoms with Crippen LogP contribution in [0.3, 0.4) is 0 Å². The van der Waals surface area contributed by atoms with Crippen molar-refractivity contribution in [3.63, 3.8) is 0 Å². The molecule has 4 aromatic carbocycles. The van der Waals surface area contributed by atoms with E-state index in [1.807, 2.05) is 0 Å². The molecule has 5 aromatic rings. The summed E-state index contributed by atoms with van der Waals surface area (Å²) in [5, 5.41) is 1.36. The molecule has 0 unspecified atom stereocenters. The molecule has 0 saturated carbocycles. The summed E-state index contributed by atoms with van der Waals surface area (Å²) < 4.78 is 2.49. The standard InChI is InChI=1S/C30H25BN2S/c1-18-19(2)33-28-13-7-12-27-29(28)31(24-11-6-10-22(18)30(24)33)25-16-20(14-15-26(25)32(27)3)23-9-5-4-8-21(23)17-34/h4-16,34H,17H2,1-3H3. The highest BCUT2D eigenvalue weighted by molar-refractivity contribution is 7.79. The predicted octanol–water partition coefficient (Wildman–Crippen LogP) is 5.26. The second-order valence-electron chi connectivity index (χ2n) is 9.58. The lowest BCUT2D eigenvalue weighted by Gasteiger charge is -2.38. The maximum Gasteiger partial charge on any atom is 0.252 e. The Kier molecular flexibility index (Phi) is 4.17. The molecular weight excluding hydrogens is 431 g/mol. The largest absolute Gasteiger partial charge is 0.345 e. The summed E-state index contributed by atoms with van der Waals surface area (Å²) in [6, 6.07) is 29.3. The fraction of sp³-hybridized carbons (Fsp3) is 0.133. The van der Waals surface area contributed by atoms with E-state index in [0.29, 0.717) is 0 Å². The summed E-state index contributed by atoms with van der Waals surface area (Å²) in [5.41, 5.74) is 16.0. The first-order chi connectivity index (χ1) is 16.6. The van der Waals surface area contributed by atoms with E-state index in [1.165, 1.54) is 72.3 Å². The number of para-hydroxylation sites is 1. The van der Waals surface area contributed by atoms with Gasteiger partial charge in [0, 0.05) is 46.5 Å². The van der Waals surface area contributed by atoms with Gasteiger partial charge in [-0.3, -0.25) is 0 Å². The monoisotopic (exact) mass is 456 g/mol. The summed E-state index contributed by atoms with van der Waals surface area (Å²) >= 11 is 4.60. The first kappa shape index (κ1) is 20.0. The van der Waals surface area contributed by atoms with Crippen LogP contribution in [0.2, 0.25) is 0 Å². The summed E-state index contributed by atoms with van der Waals surface area (Å²) in [6.07, 6.45) is 0. The average Bonchev–Trinajstić information content (AvgIpc) is 3.14. The van der Waals surface area contributed by atoms with Gasteiger partial charge in [-0.25, -0.2) is 0 Å². The Bertz CT molecular complexity index is 1650. The van der Waals surface area contributed by atoms with Gasteiger partial charge in [-0.2, -0.15) is 12.6 Å². The van der Waals surface area contributed by atoms with Crippen molar-refractivity contribution in [3.8, 4) is 16.8 Å². The van der Waals surface area contributed by atoms with Crippen molar-refractivity contribution in [1.82, 2.24) is 4.57 Å². The van der Waals surface area contributed by atoms with Gasteiger partial charge in [0.2, 0.25) is 0 Å².